The average molecular weight is 329 g/mol. The predicted octanol–water partition coefficient (Wildman–Crippen LogP) is 3.15. The Morgan fingerprint density at radius 1 is 1.12 bits per heavy atom. The number of hydrogen-bond acceptors (Lipinski definition) is 3. The van der Waals surface area contributed by atoms with Crippen LogP contribution in [-0.2, 0) is 17.8 Å². The highest BCUT2D eigenvalue weighted by Gasteiger charge is 2.14. The summed E-state index contributed by atoms with van der Waals surface area (Å²) >= 11 is 0. The van der Waals surface area contributed by atoms with Gasteiger partial charge >= 0.3 is 0 Å². The molecule has 0 spiro atoms. The highest BCUT2D eigenvalue weighted by molar-refractivity contribution is 5.76. The van der Waals surface area contributed by atoms with E-state index in [9.17, 15) is 9.18 Å². The number of ether oxygens (including phenoxy) is 2. The molecule has 0 radical (unpaired) electrons. The lowest BCUT2D eigenvalue weighted by molar-refractivity contribution is -0.121. The Morgan fingerprint density at radius 2 is 1.83 bits per heavy atom. The number of benzene rings is 2. The van der Waals surface area contributed by atoms with Gasteiger partial charge in [0, 0.05) is 13.0 Å². The topological polar surface area (TPSA) is 47.6 Å². The van der Waals surface area contributed by atoms with Crippen LogP contribution < -0.4 is 14.8 Å². The SMILES string of the molecule is Cc1cc2c(cc1CNC(=O)CCc1ccccc1F)OCCO2. The van der Waals surface area contributed by atoms with Crippen molar-refractivity contribution in [3.8, 4) is 11.5 Å². The van der Waals surface area contributed by atoms with Gasteiger partial charge in [-0.05, 0) is 48.2 Å². The zero-order valence-corrected chi connectivity index (χ0v) is 13.6. The van der Waals surface area contributed by atoms with Crippen molar-refractivity contribution in [2.24, 2.45) is 0 Å². The minimum Gasteiger partial charge on any atom is -0.486 e. The maximum Gasteiger partial charge on any atom is 0.220 e. The van der Waals surface area contributed by atoms with Gasteiger partial charge in [-0.1, -0.05) is 18.2 Å². The molecule has 0 saturated carbocycles. The van der Waals surface area contributed by atoms with Gasteiger partial charge in [0.2, 0.25) is 5.91 Å². The van der Waals surface area contributed by atoms with Crippen LogP contribution in [0.4, 0.5) is 4.39 Å². The summed E-state index contributed by atoms with van der Waals surface area (Å²) in [5, 5.41) is 2.88. The van der Waals surface area contributed by atoms with Crippen LogP contribution >= 0.6 is 0 Å². The normalized spacial score (nSPS) is 12.8. The molecular weight excluding hydrogens is 309 g/mol. The number of halogens is 1. The molecule has 0 aromatic heterocycles. The van der Waals surface area contributed by atoms with Crippen LogP contribution in [0.1, 0.15) is 23.1 Å². The molecule has 1 N–H and O–H groups in total. The molecule has 0 aliphatic carbocycles. The van der Waals surface area contributed by atoms with Crippen molar-refractivity contribution in [3.63, 3.8) is 0 Å². The number of carbonyl (C=O) groups excluding carboxylic acids is 1. The molecule has 5 heteroatoms. The second kappa shape index (κ2) is 7.34. The Bertz CT molecular complexity index is 745. The van der Waals surface area contributed by atoms with Gasteiger partial charge in [-0.3, -0.25) is 4.79 Å². The molecule has 1 amide bonds. The Hall–Kier alpha value is -2.56. The number of nitrogens with one attached hydrogen (secondary N) is 1. The van der Waals surface area contributed by atoms with E-state index in [2.05, 4.69) is 5.32 Å². The summed E-state index contributed by atoms with van der Waals surface area (Å²) in [4.78, 5) is 12.0. The number of fused-ring (bicyclic) bond motifs is 1. The Balaban J connectivity index is 1.55. The van der Waals surface area contributed by atoms with Gasteiger partial charge in [0.05, 0.1) is 0 Å². The van der Waals surface area contributed by atoms with Crippen molar-refractivity contribution in [1.29, 1.82) is 0 Å². The molecular formula is C19H20FNO3. The third-order valence-electron chi connectivity index (χ3n) is 4.06. The lowest BCUT2D eigenvalue weighted by Crippen LogP contribution is -2.24. The standard InChI is InChI=1S/C19H20FNO3/c1-13-10-17-18(24-9-8-23-17)11-15(13)12-21-19(22)7-6-14-4-2-3-5-16(14)20/h2-5,10-11H,6-9,12H2,1H3,(H,21,22). The smallest absolute Gasteiger partial charge is 0.220 e. The second-order valence-electron chi connectivity index (χ2n) is 5.79. The van der Waals surface area contributed by atoms with E-state index in [1.807, 2.05) is 19.1 Å². The van der Waals surface area contributed by atoms with E-state index in [1.54, 1.807) is 18.2 Å². The quantitative estimate of drug-likeness (QED) is 0.917. The van der Waals surface area contributed by atoms with Gasteiger partial charge in [0.15, 0.2) is 11.5 Å². The van der Waals surface area contributed by atoms with E-state index in [0.29, 0.717) is 37.5 Å². The molecule has 2 aromatic carbocycles. The zero-order chi connectivity index (χ0) is 16.9. The van der Waals surface area contributed by atoms with Crippen LogP contribution in [0.15, 0.2) is 36.4 Å². The summed E-state index contributed by atoms with van der Waals surface area (Å²) in [6.07, 6.45) is 0.642. The average Bonchev–Trinajstić information content (AvgIpc) is 2.59. The minimum atomic E-state index is -0.270. The van der Waals surface area contributed by atoms with Crippen LogP contribution in [0.2, 0.25) is 0 Å². The fraction of sp³-hybridized carbons (Fsp3) is 0.316. The monoisotopic (exact) mass is 329 g/mol. The third kappa shape index (κ3) is 3.85. The van der Waals surface area contributed by atoms with Crippen molar-refractivity contribution in [3.05, 3.63) is 58.9 Å². The highest BCUT2D eigenvalue weighted by atomic mass is 19.1. The van der Waals surface area contributed by atoms with Crippen molar-refractivity contribution in [2.75, 3.05) is 13.2 Å². The number of aryl methyl sites for hydroxylation is 2. The van der Waals surface area contributed by atoms with Crippen LogP contribution in [0.5, 0.6) is 11.5 Å². The Labute approximate surface area is 140 Å². The molecule has 0 fully saturated rings. The number of rotatable bonds is 5. The summed E-state index contributed by atoms with van der Waals surface area (Å²) < 4.78 is 24.6. The molecule has 0 atom stereocenters. The van der Waals surface area contributed by atoms with E-state index in [0.717, 1.165) is 16.9 Å². The first-order valence-corrected chi connectivity index (χ1v) is 8.02. The maximum absolute atomic E-state index is 13.5. The van der Waals surface area contributed by atoms with E-state index in [4.69, 9.17) is 9.47 Å². The first-order chi connectivity index (χ1) is 11.6. The first kappa shape index (κ1) is 16.3. The Kier molecular flexibility index (Phi) is 4.99. The van der Waals surface area contributed by atoms with E-state index in [1.165, 1.54) is 6.07 Å². The largest absolute Gasteiger partial charge is 0.486 e. The fourth-order valence-electron chi connectivity index (χ4n) is 2.65. The van der Waals surface area contributed by atoms with Gasteiger partial charge in [0.1, 0.15) is 19.0 Å². The maximum atomic E-state index is 13.5. The van der Waals surface area contributed by atoms with Crippen molar-refractivity contribution in [1.82, 2.24) is 5.32 Å². The number of carbonyl (C=O) groups is 1. The lowest BCUT2D eigenvalue weighted by Gasteiger charge is -2.20. The van der Waals surface area contributed by atoms with E-state index in [-0.39, 0.29) is 18.1 Å². The fourth-order valence-corrected chi connectivity index (χ4v) is 2.65. The minimum absolute atomic E-state index is 0.104. The van der Waals surface area contributed by atoms with E-state index >= 15 is 0 Å². The summed E-state index contributed by atoms with van der Waals surface area (Å²) in [5.41, 5.74) is 2.58. The van der Waals surface area contributed by atoms with Crippen LogP contribution in [0.3, 0.4) is 0 Å². The summed E-state index contributed by atoms with van der Waals surface area (Å²) in [6, 6.07) is 10.4. The van der Waals surface area contributed by atoms with Crippen LogP contribution in [-0.4, -0.2) is 19.1 Å². The molecule has 1 heterocycles. The number of hydrogen-bond donors (Lipinski definition) is 1. The molecule has 1 aliphatic rings. The molecule has 0 bridgehead atoms. The molecule has 4 nitrogen and oxygen atoms in total. The number of amides is 1. The zero-order valence-electron chi connectivity index (χ0n) is 13.6. The Morgan fingerprint density at radius 3 is 2.58 bits per heavy atom. The van der Waals surface area contributed by atoms with Crippen LogP contribution in [0, 0.1) is 12.7 Å². The van der Waals surface area contributed by atoms with Gasteiger partial charge in [-0.2, -0.15) is 0 Å². The third-order valence-corrected chi connectivity index (χ3v) is 4.06. The van der Waals surface area contributed by atoms with Gasteiger partial charge in [-0.15, -0.1) is 0 Å². The second-order valence-corrected chi connectivity index (χ2v) is 5.79. The first-order valence-electron chi connectivity index (χ1n) is 8.02. The molecule has 24 heavy (non-hydrogen) atoms. The summed E-state index contributed by atoms with van der Waals surface area (Å²) in [6.45, 7) is 3.47. The van der Waals surface area contributed by atoms with Gasteiger partial charge < -0.3 is 14.8 Å². The molecule has 2 aromatic rings. The highest BCUT2D eigenvalue weighted by Crippen LogP contribution is 2.32. The van der Waals surface area contributed by atoms with Crippen molar-refractivity contribution >= 4 is 5.91 Å². The summed E-state index contributed by atoms with van der Waals surface area (Å²) in [5.74, 6) is 1.08. The molecule has 0 saturated heterocycles. The van der Waals surface area contributed by atoms with Gasteiger partial charge in [-0.25, -0.2) is 4.39 Å². The lowest BCUT2D eigenvalue weighted by atomic mass is 10.1. The van der Waals surface area contributed by atoms with Gasteiger partial charge in [0.25, 0.3) is 0 Å². The molecule has 0 unspecified atom stereocenters. The molecule has 3 rings (SSSR count). The molecule has 126 valence electrons. The molecule has 1 aliphatic heterocycles. The van der Waals surface area contributed by atoms with E-state index < -0.39 is 0 Å². The van der Waals surface area contributed by atoms with Crippen molar-refractivity contribution in [2.45, 2.75) is 26.3 Å². The van der Waals surface area contributed by atoms with Crippen LogP contribution in [0.25, 0.3) is 0 Å². The van der Waals surface area contributed by atoms with Crippen molar-refractivity contribution < 1.29 is 18.7 Å². The predicted molar refractivity (Wildman–Crippen MR) is 88.7 cm³/mol. The summed E-state index contributed by atoms with van der Waals surface area (Å²) in [7, 11) is 0.